The summed E-state index contributed by atoms with van der Waals surface area (Å²) in [5, 5.41) is 2.15. The lowest BCUT2D eigenvalue weighted by Crippen LogP contribution is -1.93. The van der Waals surface area contributed by atoms with Crippen LogP contribution in [0.5, 0.6) is 0 Å². The number of fused-ring (bicyclic) bond motifs is 1. The van der Waals surface area contributed by atoms with Crippen molar-refractivity contribution in [1.82, 2.24) is 0 Å². The largest absolute Gasteiger partial charge is 0.289 e. The number of allylic oxidation sites excluding steroid dienone is 1. The van der Waals surface area contributed by atoms with Crippen LogP contribution in [-0.2, 0) is 0 Å². The zero-order valence-electron chi connectivity index (χ0n) is 11.3. The van der Waals surface area contributed by atoms with E-state index in [9.17, 15) is 9.18 Å². The SMILES string of the molecule is O=C(/C=C/c1ccc(F)cc1)c1ccc2ccccc2c1. The summed E-state index contributed by atoms with van der Waals surface area (Å²) in [7, 11) is 0. The lowest BCUT2D eigenvalue weighted by atomic mass is 10.0. The first-order valence-electron chi connectivity index (χ1n) is 6.69. The van der Waals surface area contributed by atoms with Crippen LogP contribution >= 0.6 is 0 Å². The Hall–Kier alpha value is -2.74. The highest BCUT2D eigenvalue weighted by atomic mass is 19.1. The molecule has 0 N–H and O–H groups in total. The van der Waals surface area contributed by atoms with E-state index in [1.165, 1.54) is 18.2 Å². The van der Waals surface area contributed by atoms with E-state index >= 15 is 0 Å². The van der Waals surface area contributed by atoms with Gasteiger partial charge in [-0.2, -0.15) is 0 Å². The fourth-order valence-corrected chi connectivity index (χ4v) is 2.18. The highest BCUT2D eigenvalue weighted by Crippen LogP contribution is 2.16. The second-order valence-corrected chi connectivity index (χ2v) is 4.81. The van der Waals surface area contributed by atoms with Gasteiger partial charge in [0.25, 0.3) is 0 Å². The maximum absolute atomic E-state index is 12.8. The predicted molar refractivity (Wildman–Crippen MR) is 83.7 cm³/mol. The van der Waals surface area contributed by atoms with Crippen molar-refractivity contribution in [3.63, 3.8) is 0 Å². The molecule has 0 atom stereocenters. The molecule has 0 amide bonds. The standard InChI is InChI=1S/C19H13FO/c20-18-10-5-14(6-11-18)7-12-19(21)17-9-8-15-3-1-2-4-16(15)13-17/h1-13H/b12-7+. The molecular weight excluding hydrogens is 263 g/mol. The summed E-state index contributed by atoms with van der Waals surface area (Å²) in [4.78, 5) is 12.2. The molecule has 0 aliphatic rings. The minimum atomic E-state index is -0.284. The van der Waals surface area contributed by atoms with E-state index in [1.54, 1.807) is 18.2 Å². The minimum absolute atomic E-state index is 0.0647. The third-order valence-corrected chi connectivity index (χ3v) is 3.33. The minimum Gasteiger partial charge on any atom is -0.289 e. The Bertz CT molecular complexity index is 816. The van der Waals surface area contributed by atoms with Gasteiger partial charge in [0.1, 0.15) is 5.82 Å². The molecule has 0 saturated heterocycles. The van der Waals surface area contributed by atoms with Gasteiger partial charge >= 0.3 is 0 Å². The Kier molecular flexibility index (Phi) is 3.61. The van der Waals surface area contributed by atoms with Gasteiger partial charge in [0, 0.05) is 5.56 Å². The van der Waals surface area contributed by atoms with Gasteiger partial charge in [-0.05, 0) is 40.6 Å². The van der Waals surface area contributed by atoms with Gasteiger partial charge in [0.2, 0.25) is 0 Å². The maximum Gasteiger partial charge on any atom is 0.185 e. The van der Waals surface area contributed by atoms with Crippen molar-refractivity contribution in [2.45, 2.75) is 0 Å². The summed E-state index contributed by atoms with van der Waals surface area (Å²) in [5.41, 5.74) is 1.44. The average molecular weight is 276 g/mol. The topological polar surface area (TPSA) is 17.1 Å². The second kappa shape index (κ2) is 5.71. The van der Waals surface area contributed by atoms with Gasteiger partial charge in [0.05, 0.1) is 0 Å². The number of carbonyl (C=O) groups is 1. The summed E-state index contributed by atoms with van der Waals surface area (Å²) in [6.07, 6.45) is 3.20. The smallest absolute Gasteiger partial charge is 0.185 e. The van der Waals surface area contributed by atoms with Crippen molar-refractivity contribution in [2.75, 3.05) is 0 Å². The number of hydrogen-bond acceptors (Lipinski definition) is 1. The molecule has 3 aromatic rings. The molecule has 0 fully saturated rings. The molecule has 0 aliphatic heterocycles. The van der Waals surface area contributed by atoms with Crippen LogP contribution < -0.4 is 0 Å². The van der Waals surface area contributed by atoms with E-state index in [-0.39, 0.29) is 11.6 Å². The van der Waals surface area contributed by atoms with Crippen molar-refractivity contribution >= 4 is 22.6 Å². The van der Waals surface area contributed by atoms with E-state index in [4.69, 9.17) is 0 Å². The highest BCUT2D eigenvalue weighted by molar-refractivity contribution is 6.08. The van der Waals surface area contributed by atoms with Gasteiger partial charge in [-0.3, -0.25) is 4.79 Å². The number of rotatable bonds is 3. The summed E-state index contributed by atoms with van der Waals surface area (Å²) >= 11 is 0. The van der Waals surface area contributed by atoms with Crippen LogP contribution in [0.1, 0.15) is 15.9 Å². The molecule has 0 heterocycles. The molecule has 0 aromatic heterocycles. The number of carbonyl (C=O) groups excluding carboxylic acids is 1. The van der Waals surface area contributed by atoms with Crippen LogP contribution in [0.4, 0.5) is 4.39 Å². The van der Waals surface area contributed by atoms with Gasteiger partial charge in [-0.15, -0.1) is 0 Å². The highest BCUT2D eigenvalue weighted by Gasteiger charge is 2.02. The first kappa shape index (κ1) is 13.3. The number of ketones is 1. The van der Waals surface area contributed by atoms with Gasteiger partial charge in [0.15, 0.2) is 5.78 Å². The van der Waals surface area contributed by atoms with Crippen molar-refractivity contribution < 1.29 is 9.18 Å². The monoisotopic (exact) mass is 276 g/mol. The van der Waals surface area contributed by atoms with Crippen LogP contribution in [0, 0.1) is 5.82 Å². The summed E-state index contributed by atoms with van der Waals surface area (Å²) < 4.78 is 12.8. The van der Waals surface area contributed by atoms with Crippen LogP contribution in [0.3, 0.4) is 0 Å². The lowest BCUT2D eigenvalue weighted by molar-refractivity contribution is 0.104. The van der Waals surface area contributed by atoms with Gasteiger partial charge < -0.3 is 0 Å². The molecule has 3 rings (SSSR count). The molecule has 2 heteroatoms. The lowest BCUT2D eigenvalue weighted by Gasteiger charge is -2.00. The maximum atomic E-state index is 12.8. The second-order valence-electron chi connectivity index (χ2n) is 4.81. The molecule has 0 unspecified atom stereocenters. The van der Waals surface area contributed by atoms with Crippen LogP contribution in [0.25, 0.3) is 16.8 Å². The van der Waals surface area contributed by atoms with Gasteiger partial charge in [-0.25, -0.2) is 4.39 Å². The Labute approximate surface area is 122 Å². The first-order chi connectivity index (χ1) is 10.2. The number of benzene rings is 3. The molecule has 0 bridgehead atoms. The van der Waals surface area contributed by atoms with Crippen LogP contribution in [0.15, 0.2) is 72.8 Å². The van der Waals surface area contributed by atoms with Crippen molar-refractivity contribution in [1.29, 1.82) is 0 Å². The molecule has 1 nitrogen and oxygen atoms in total. The van der Waals surface area contributed by atoms with Crippen LogP contribution in [0.2, 0.25) is 0 Å². The fraction of sp³-hybridized carbons (Fsp3) is 0. The fourth-order valence-electron chi connectivity index (χ4n) is 2.18. The van der Waals surface area contributed by atoms with Crippen LogP contribution in [-0.4, -0.2) is 5.78 Å². The molecular formula is C19H13FO. The van der Waals surface area contributed by atoms with Crippen molar-refractivity contribution in [2.24, 2.45) is 0 Å². The normalized spacial score (nSPS) is 11.1. The molecule has 102 valence electrons. The molecule has 21 heavy (non-hydrogen) atoms. The Morgan fingerprint density at radius 3 is 2.33 bits per heavy atom. The molecule has 0 spiro atoms. The van der Waals surface area contributed by atoms with Gasteiger partial charge in [-0.1, -0.05) is 54.6 Å². The summed E-state index contributed by atoms with van der Waals surface area (Å²) in [5.74, 6) is -0.349. The van der Waals surface area contributed by atoms with Crippen molar-refractivity contribution in [3.05, 3.63) is 89.8 Å². The van der Waals surface area contributed by atoms with Crippen molar-refractivity contribution in [3.8, 4) is 0 Å². The molecule has 0 radical (unpaired) electrons. The number of hydrogen-bond donors (Lipinski definition) is 0. The van der Waals surface area contributed by atoms with E-state index in [2.05, 4.69) is 0 Å². The quantitative estimate of drug-likeness (QED) is 0.492. The number of halogens is 1. The average Bonchev–Trinajstić information content (AvgIpc) is 2.53. The zero-order chi connectivity index (χ0) is 14.7. The molecule has 3 aromatic carbocycles. The third-order valence-electron chi connectivity index (χ3n) is 3.33. The Balaban J connectivity index is 1.84. The van der Waals surface area contributed by atoms with E-state index < -0.39 is 0 Å². The first-order valence-corrected chi connectivity index (χ1v) is 6.69. The Morgan fingerprint density at radius 1 is 0.857 bits per heavy atom. The summed E-state index contributed by atoms with van der Waals surface area (Å²) in [6.45, 7) is 0. The molecule has 0 aliphatic carbocycles. The Morgan fingerprint density at radius 2 is 1.57 bits per heavy atom. The zero-order valence-corrected chi connectivity index (χ0v) is 11.3. The van der Waals surface area contributed by atoms with E-state index in [0.717, 1.165) is 16.3 Å². The molecule has 0 saturated carbocycles. The van der Waals surface area contributed by atoms with E-state index in [1.807, 2.05) is 42.5 Å². The van der Waals surface area contributed by atoms with E-state index in [0.29, 0.717) is 5.56 Å². The predicted octanol–water partition coefficient (Wildman–Crippen LogP) is 4.88. The summed E-state index contributed by atoms with van der Waals surface area (Å²) in [6, 6.07) is 19.6. The third kappa shape index (κ3) is 3.06.